The van der Waals surface area contributed by atoms with Gasteiger partial charge in [0, 0.05) is 6.42 Å². The van der Waals surface area contributed by atoms with Gasteiger partial charge in [0.25, 0.3) is 0 Å². The van der Waals surface area contributed by atoms with Crippen LogP contribution in [-0.4, -0.2) is 17.6 Å². The van der Waals surface area contributed by atoms with Crippen LogP contribution in [0.3, 0.4) is 0 Å². The second-order valence-electron chi connectivity index (χ2n) is 9.47. The van der Waals surface area contributed by atoms with E-state index >= 15 is 4.39 Å². The Hall–Kier alpha value is -3.95. The van der Waals surface area contributed by atoms with Crippen molar-refractivity contribution in [3.63, 3.8) is 0 Å². The predicted molar refractivity (Wildman–Crippen MR) is 118 cm³/mol. The lowest BCUT2D eigenvalue weighted by Gasteiger charge is -2.26. The predicted octanol–water partition coefficient (Wildman–Crippen LogP) is 10.2. The number of unbranched alkanes of at least 4 members (excludes halogenated alkanes) is 1. The summed E-state index contributed by atoms with van der Waals surface area (Å²) in [7, 11) is 0. The van der Waals surface area contributed by atoms with Gasteiger partial charge in [0.05, 0.1) is 33.4 Å². The van der Waals surface area contributed by atoms with E-state index in [1.807, 2.05) is 0 Å². The molecule has 0 aliphatic rings. The summed E-state index contributed by atoms with van der Waals surface area (Å²) in [5.74, 6) is -12.3. The van der Waals surface area contributed by atoms with Crippen LogP contribution in [0.15, 0.2) is 24.3 Å². The molecule has 4 nitrogen and oxygen atoms in total. The monoisotopic (exact) mass is 738 g/mol. The average molecular weight is 738 g/mol. The van der Waals surface area contributed by atoms with Gasteiger partial charge in [-0.2, -0.15) is 79.0 Å². The molecule has 0 spiro atoms. The number of halogens is 19. The fraction of sp³-hybridized carbons (Fsp3) is 0.440. The molecule has 2 rings (SSSR count). The molecule has 0 fully saturated rings. The van der Waals surface area contributed by atoms with Crippen LogP contribution in [0.5, 0.6) is 11.5 Å². The van der Waals surface area contributed by atoms with E-state index in [4.69, 9.17) is 0 Å². The summed E-state index contributed by atoms with van der Waals surface area (Å²) in [5.41, 5.74) is -22.4. The molecular weight excluding hydrogens is 725 g/mol. The number of benzene rings is 2. The van der Waals surface area contributed by atoms with Crippen LogP contribution in [0.2, 0.25) is 0 Å². The zero-order valence-electron chi connectivity index (χ0n) is 22.7. The summed E-state index contributed by atoms with van der Waals surface area (Å²) in [6, 6.07) is -4.13. The molecule has 2 aromatic rings. The van der Waals surface area contributed by atoms with Gasteiger partial charge >= 0.3 is 54.7 Å². The largest absolute Gasteiger partial charge is 0.422 e. The van der Waals surface area contributed by atoms with E-state index in [0.29, 0.717) is 0 Å². The number of carbonyl (C=O) groups is 2. The molecule has 23 heteroatoms. The number of rotatable bonds is 7. The van der Waals surface area contributed by atoms with Gasteiger partial charge in [-0.3, -0.25) is 0 Å². The maximum atomic E-state index is 16.0. The molecule has 0 unspecified atom stereocenters. The molecule has 270 valence electrons. The summed E-state index contributed by atoms with van der Waals surface area (Å²) in [5, 5.41) is 0. The molecule has 0 aromatic heterocycles. The van der Waals surface area contributed by atoms with Crippen LogP contribution in [0.4, 0.5) is 83.4 Å². The number of carbonyl (C=O) groups excluding carboxylic acids is 2. The highest BCUT2D eigenvalue weighted by atomic mass is 19.4. The molecule has 0 radical (unpaired) electrons. The summed E-state index contributed by atoms with van der Waals surface area (Å²) in [4.78, 5) is 25.4. The van der Waals surface area contributed by atoms with Crippen molar-refractivity contribution in [2.75, 3.05) is 0 Å². The number of ether oxygens (including phenoxy) is 2. The first-order chi connectivity index (χ1) is 21.3. The van der Waals surface area contributed by atoms with Crippen LogP contribution in [0.1, 0.15) is 59.6 Å². The Balaban J connectivity index is 2.87. The minimum Gasteiger partial charge on any atom is -0.422 e. The third-order valence-electron chi connectivity index (χ3n) is 5.97. The van der Waals surface area contributed by atoms with Crippen LogP contribution in [0.25, 0.3) is 0 Å². The third kappa shape index (κ3) is 8.94. The van der Waals surface area contributed by atoms with Gasteiger partial charge in [0.15, 0.2) is 11.5 Å². The second kappa shape index (κ2) is 12.8. The molecule has 0 saturated heterocycles. The summed E-state index contributed by atoms with van der Waals surface area (Å²) in [6.07, 6.45) is -40.0. The van der Waals surface area contributed by atoms with Gasteiger partial charge in [0.2, 0.25) is 0 Å². The fourth-order valence-corrected chi connectivity index (χ4v) is 3.70. The van der Waals surface area contributed by atoms with Crippen LogP contribution in [0, 0.1) is 0 Å². The first-order valence-corrected chi connectivity index (χ1v) is 12.2. The standard InChI is InChI=1S/C25H13F19O4/c1-2-3-4-19(26,17(45)47-15-11(22(33,34)35)5-9(20(27,28)29)6-12(15)23(36,37)38)18(46)48-16-13(24(39,40)41)7-10(21(30,31)32)8-14(16)25(42,43)44/h5-8H,2-4H2,1H3. The molecule has 48 heavy (non-hydrogen) atoms. The lowest BCUT2D eigenvalue weighted by Crippen LogP contribution is -2.48. The number of hydrogen-bond acceptors (Lipinski definition) is 4. The summed E-state index contributed by atoms with van der Waals surface area (Å²) in [6.45, 7) is 1.09. The van der Waals surface area contributed by atoms with Crippen molar-refractivity contribution < 1.29 is 102 Å². The van der Waals surface area contributed by atoms with E-state index in [-0.39, 0.29) is 6.42 Å². The van der Waals surface area contributed by atoms with Crippen LogP contribution >= 0.6 is 0 Å². The molecule has 0 bridgehead atoms. The molecular formula is C25H13F19O4. The van der Waals surface area contributed by atoms with E-state index in [9.17, 15) is 88.6 Å². The lowest BCUT2D eigenvalue weighted by atomic mass is 9.97. The fourth-order valence-electron chi connectivity index (χ4n) is 3.70. The Morgan fingerprint density at radius 2 is 0.729 bits per heavy atom. The van der Waals surface area contributed by atoms with Crippen molar-refractivity contribution in [2.24, 2.45) is 0 Å². The van der Waals surface area contributed by atoms with Gasteiger partial charge < -0.3 is 9.47 Å². The first-order valence-electron chi connectivity index (χ1n) is 12.2. The zero-order chi connectivity index (χ0) is 37.6. The highest BCUT2D eigenvalue weighted by molar-refractivity contribution is 6.05. The average Bonchev–Trinajstić information content (AvgIpc) is 2.87. The Kier molecular flexibility index (Phi) is 10.7. The minimum absolute atomic E-state index is 0.379. The smallest absolute Gasteiger partial charge is 0.420 e. The van der Waals surface area contributed by atoms with E-state index in [0.717, 1.165) is 6.92 Å². The van der Waals surface area contributed by atoms with Crippen molar-refractivity contribution in [1.29, 1.82) is 0 Å². The SMILES string of the molecule is CCCCC(F)(C(=O)Oc1c(C(F)(F)F)cc(C(F)(F)F)cc1C(F)(F)F)C(=O)Oc1c(C(F)(F)F)cc(C(F)(F)F)cc1C(F)(F)F. The lowest BCUT2D eigenvalue weighted by molar-refractivity contribution is -0.167. The zero-order valence-corrected chi connectivity index (χ0v) is 22.7. The van der Waals surface area contributed by atoms with Crippen molar-refractivity contribution in [1.82, 2.24) is 0 Å². The van der Waals surface area contributed by atoms with Gasteiger partial charge in [-0.15, -0.1) is 0 Å². The third-order valence-corrected chi connectivity index (χ3v) is 5.97. The van der Waals surface area contributed by atoms with Crippen molar-refractivity contribution in [3.8, 4) is 11.5 Å². The molecule has 0 aliphatic carbocycles. The molecule has 0 atom stereocenters. The van der Waals surface area contributed by atoms with E-state index < -0.39 is 137 Å². The summed E-state index contributed by atoms with van der Waals surface area (Å²) >= 11 is 0. The molecule has 0 amide bonds. The Bertz CT molecular complexity index is 1350. The van der Waals surface area contributed by atoms with Crippen LogP contribution < -0.4 is 9.47 Å². The van der Waals surface area contributed by atoms with E-state index in [2.05, 4.69) is 9.47 Å². The molecule has 0 N–H and O–H groups in total. The van der Waals surface area contributed by atoms with Gasteiger partial charge in [-0.25, -0.2) is 14.0 Å². The molecule has 2 aromatic carbocycles. The van der Waals surface area contributed by atoms with Crippen molar-refractivity contribution in [2.45, 2.75) is 68.9 Å². The maximum absolute atomic E-state index is 16.0. The molecule has 0 saturated carbocycles. The minimum atomic E-state index is -6.27. The second-order valence-corrected chi connectivity index (χ2v) is 9.47. The Morgan fingerprint density at radius 3 is 0.917 bits per heavy atom. The Morgan fingerprint density at radius 1 is 0.479 bits per heavy atom. The number of esters is 2. The maximum Gasteiger partial charge on any atom is 0.420 e. The van der Waals surface area contributed by atoms with Gasteiger partial charge in [-0.1, -0.05) is 13.3 Å². The van der Waals surface area contributed by atoms with Gasteiger partial charge in [-0.05, 0) is 30.7 Å². The summed E-state index contributed by atoms with van der Waals surface area (Å²) < 4.78 is 265. The van der Waals surface area contributed by atoms with Crippen molar-refractivity contribution in [3.05, 3.63) is 57.6 Å². The van der Waals surface area contributed by atoms with E-state index in [1.54, 1.807) is 0 Å². The van der Waals surface area contributed by atoms with Crippen molar-refractivity contribution >= 4 is 11.9 Å². The van der Waals surface area contributed by atoms with Crippen LogP contribution in [-0.2, 0) is 46.6 Å². The molecule has 0 heterocycles. The number of hydrogen-bond donors (Lipinski definition) is 0. The molecule has 0 aliphatic heterocycles. The highest BCUT2D eigenvalue weighted by Crippen LogP contribution is 2.50. The van der Waals surface area contributed by atoms with E-state index in [1.165, 1.54) is 0 Å². The highest BCUT2D eigenvalue weighted by Gasteiger charge is 2.55. The normalized spacial score (nSPS) is 13.8. The first kappa shape index (κ1) is 40.2. The quantitative estimate of drug-likeness (QED) is 0.123. The number of alkyl halides is 19. The van der Waals surface area contributed by atoms with Gasteiger partial charge in [0.1, 0.15) is 0 Å². The Labute approximate surface area is 253 Å². The topological polar surface area (TPSA) is 52.6 Å².